The number of pyridine rings is 1. The van der Waals surface area contributed by atoms with E-state index >= 15 is 0 Å². The maximum absolute atomic E-state index is 13.7. The van der Waals surface area contributed by atoms with Crippen LogP contribution in [0.2, 0.25) is 5.02 Å². The molecule has 1 N–H and O–H groups in total. The summed E-state index contributed by atoms with van der Waals surface area (Å²) >= 11 is 8.23. The lowest BCUT2D eigenvalue weighted by atomic mass is 10.0. The Balaban J connectivity index is 1.50. The summed E-state index contributed by atoms with van der Waals surface area (Å²) in [7, 11) is 0. The molecule has 2 aromatic heterocycles. The predicted octanol–water partition coefficient (Wildman–Crippen LogP) is 6.57. The second kappa shape index (κ2) is 11.2. The van der Waals surface area contributed by atoms with Gasteiger partial charge in [-0.05, 0) is 42.3 Å². The molecule has 4 aromatic rings. The smallest absolute Gasteiger partial charge is 0.369 e. The van der Waals surface area contributed by atoms with Gasteiger partial charge in [0, 0.05) is 53.3 Å². The maximum atomic E-state index is 13.7. The van der Waals surface area contributed by atoms with Crippen LogP contribution in [-0.4, -0.2) is 51.0 Å². The zero-order valence-corrected chi connectivity index (χ0v) is 21.5. The molecular formula is C27H25ClF3N5S. The molecule has 192 valence electrons. The molecule has 1 saturated heterocycles. The third-order valence-electron chi connectivity index (χ3n) is 6.24. The number of hydrogen-bond donors (Lipinski definition) is 1. The lowest BCUT2D eigenvalue weighted by molar-refractivity contribution is -0.137. The Kier molecular flexibility index (Phi) is 7.83. The first kappa shape index (κ1) is 25.8. The van der Waals surface area contributed by atoms with Gasteiger partial charge in [-0.2, -0.15) is 24.9 Å². The van der Waals surface area contributed by atoms with Crippen LogP contribution in [0.1, 0.15) is 17.0 Å². The molecule has 0 spiro atoms. The number of nitrogens with one attached hydrogen (secondary N) is 1. The first-order valence-electron chi connectivity index (χ1n) is 12.0. The van der Waals surface area contributed by atoms with Gasteiger partial charge in [0.05, 0.1) is 23.3 Å². The average Bonchev–Trinajstić information content (AvgIpc) is 2.89. The van der Waals surface area contributed by atoms with E-state index in [0.29, 0.717) is 47.3 Å². The number of rotatable bonds is 7. The minimum Gasteiger partial charge on any atom is -0.369 e. The topological polar surface area (TPSA) is 53.9 Å². The summed E-state index contributed by atoms with van der Waals surface area (Å²) in [5.41, 5.74) is 1.08. The molecular weight excluding hydrogens is 519 g/mol. The van der Waals surface area contributed by atoms with Gasteiger partial charge in [-0.25, -0.2) is 9.97 Å². The summed E-state index contributed by atoms with van der Waals surface area (Å²) in [6, 6.07) is 15.1. The van der Waals surface area contributed by atoms with Gasteiger partial charge in [0.25, 0.3) is 0 Å². The number of benzene rings is 2. The van der Waals surface area contributed by atoms with Crippen molar-refractivity contribution in [3.63, 3.8) is 0 Å². The summed E-state index contributed by atoms with van der Waals surface area (Å²) in [4.78, 5) is 15.9. The van der Waals surface area contributed by atoms with E-state index in [2.05, 4.69) is 15.2 Å². The van der Waals surface area contributed by atoms with Gasteiger partial charge in [0.2, 0.25) is 0 Å². The molecule has 3 heterocycles. The lowest BCUT2D eigenvalue weighted by Crippen LogP contribution is -2.32. The third-order valence-corrected chi connectivity index (χ3v) is 7.55. The molecule has 37 heavy (non-hydrogen) atoms. The molecule has 0 radical (unpaired) electrons. The highest BCUT2D eigenvalue weighted by molar-refractivity contribution is 7.99. The molecule has 1 aliphatic rings. The number of hydrogen-bond acceptors (Lipinski definition) is 6. The molecule has 2 aromatic carbocycles. The Hall–Kier alpha value is -2.88. The van der Waals surface area contributed by atoms with E-state index in [9.17, 15) is 13.2 Å². The van der Waals surface area contributed by atoms with E-state index in [4.69, 9.17) is 21.6 Å². The monoisotopic (exact) mass is 543 g/mol. The summed E-state index contributed by atoms with van der Waals surface area (Å²) < 4.78 is 41.0. The number of thioether (sulfide) groups is 1. The van der Waals surface area contributed by atoms with Crippen molar-refractivity contribution in [2.24, 2.45) is 0 Å². The second-order valence-corrected chi connectivity index (χ2v) is 10.4. The first-order valence-corrected chi connectivity index (χ1v) is 13.5. The highest BCUT2D eigenvalue weighted by Crippen LogP contribution is 2.37. The van der Waals surface area contributed by atoms with Crippen LogP contribution in [-0.2, 0) is 19.1 Å². The van der Waals surface area contributed by atoms with Crippen molar-refractivity contribution in [1.82, 2.24) is 19.9 Å². The fourth-order valence-corrected chi connectivity index (χ4v) is 5.58. The number of alkyl halides is 3. The van der Waals surface area contributed by atoms with Crippen molar-refractivity contribution in [2.75, 3.05) is 36.5 Å². The molecule has 0 aliphatic carbocycles. The van der Waals surface area contributed by atoms with Crippen molar-refractivity contribution < 1.29 is 13.2 Å². The minimum absolute atomic E-state index is 0.113. The number of fused-ring (bicyclic) bond motifs is 1. The summed E-state index contributed by atoms with van der Waals surface area (Å²) in [6.45, 7) is 3.07. The van der Waals surface area contributed by atoms with Crippen molar-refractivity contribution in [1.29, 1.82) is 0 Å². The largest absolute Gasteiger partial charge is 0.418 e. The van der Waals surface area contributed by atoms with E-state index in [1.807, 2.05) is 36.0 Å². The molecule has 5 rings (SSSR count). The Bertz CT molecular complexity index is 1390. The number of nitrogens with zero attached hydrogens (tertiary/aromatic N) is 4. The SMILES string of the molecule is FC(F)(F)c1cccnc1-c1ccc2c(NCCc3ccccc3Cl)nc(CN3CCSCC3)nc2c1. The Morgan fingerprint density at radius 1 is 1.00 bits per heavy atom. The highest BCUT2D eigenvalue weighted by Gasteiger charge is 2.34. The number of anilines is 1. The van der Waals surface area contributed by atoms with Gasteiger partial charge >= 0.3 is 6.18 Å². The fraction of sp³-hybridized carbons (Fsp3) is 0.296. The standard InChI is InChI=1S/C27H25ClF3N5S/c28-22-6-2-1-4-18(22)9-11-33-26-20-8-7-19(25-21(27(29,30)31)5-3-10-32-25)16-23(20)34-24(35-26)17-36-12-14-37-15-13-36/h1-8,10,16H,9,11-15,17H2,(H,33,34,35). The molecule has 0 amide bonds. The molecule has 1 aliphatic heterocycles. The van der Waals surface area contributed by atoms with E-state index < -0.39 is 11.7 Å². The van der Waals surface area contributed by atoms with E-state index in [0.717, 1.165) is 41.6 Å². The highest BCUT2D eigenvalue weighted by atomic mass is 35.5. The van der Waals surface area contributed by atoms with Crippen molar-refractivity contribution in [3.8, 4) is 11.3 Å². The van der Waals surface area contributed by atoms with Gasteiger partial charge in [-0.1, -0.05) is 35.9 Å². The zero-order chi connectivity index (χ0) is 25.8. The van der Waals surface area contributed by atoms with Crippen LogP contribution >= 0.6 is 23.4 Å². The maximum Gasteiger partial charge on any atom is 0.418 e. The van der Waals surface area contributed by atoms with E-state index in [1.165, 1.54) is 12.3 Å². The molecule has 10 heteroatoms. The minimum atomic E-state index is -4.51. The lowest BCUT2D eigenvalue weighted by Gasteiger charge is -2.25. The van der Waals surface area contributed by atoms with E-state index in [-0.39, 0.29) is 5.69 Å². The van der Waals surface area contributed by atoms with Crippen LogP contribution in [0, 0.1) is 0 Å². The van der Waals surface area contributed by atoms with Crippen LogP contribution < -0.4 is 5.32 Å². The van der Waals surface area contributed by atoms with Gasteiger partial charge in [0.1, 0.15) is 11.6 Å². The quantitative estimate of drug-likeness (QED) is 0.285. The Labute approximate surface area is 222 Å². The summed E-state index contributed by atoms with van der Waals surface area (Å²) in [5.74, 6) is 3.40. The average molecular weight is 544 g/mol. The van der Waals surface area contributed by atoms with Crippen LogP contribution in [0.25, 0.3) is 22.2 Å². The fourth-order valence-electron chi connectivity index (χ4n) is 4.37. The molecule has 0 unspecified atom stereocenters. The third kappa shape index (κ3) is 6.17. The van der Waals surface area contributed by atoms with E-state index in [1.54, 1.807) is 18.2 Å². The first-order chi connectivity index (χ1) is 17.9. The van der Waals surface area contributed by atoms with Gasteiger partial charge in [-0.15, -0.1) is 0 Å². The van der Waals surface area contributed by atoms with Gasteiger partial charge in [0.15, 0.2) is 0 Å². The molecule has 0 atom stereocenters. The predicted molar refractivity (Wildman–Crippen MR) is 144 cm³/mol. The normalized spacial score (nSPS) is 14.7. The number of aromatic nitrogens is 3. The summed E-state index contributed by atoms with van der Waals surface area (Å²) in [5, 5.41) is 4.86. The van der Waals surface area contributed by atoms with Crippen LogP contribution in [0.15, 0.2) is 60.8 Å². The van der Waals surface area contributed by atoms with Crippen LogP contribution in [0.5, 0.6) is 0 Å². The van der Waals surface area contributed by atoms with Crippen molar-refractivity contribution in [2.45, 2.75) is 19.1 Å². The zero-order valence-electron chi connectivity index (χ0n) is 19.9. The molecule has 0 saturated carbocycles. The van der Waals surface area contributed by atoms with Gasteiger partial charge < -0.3 is 5.32 Å². The Morgan fingerprint density at radius 3 is 2.59 bits per heavy atom. The van der Waals surface area contributed by atoms with Crippen LogP contribution in [0.4, 0.5) is 19.0 Å². The Morgan fingerprint density at radius 2 is 1.81 bits per heavy atom. The van der Waals surface area contributed by atoms with Crippen molar-refractivity contribution >= 4 is 40.1 Å². The van der Waals surface area contributed by atoms with Crippen LogP contribution in [0.3, 0.4) is 0 Å². The van der Waals surface area contributed by atoms with Crippen molar-refractivity contribution in [3.05, 3.63) is 82.8 Å². The summed E-state index contributed by atoms with van der Waals surface area (Å²) in [6.07, 6.45) is -2.44. The number of halogens is 4. The second-order valence-electron chi connectivity index (χ2n) is 8.77. The molecule has 5 nitrogen and oxygen atoms in total. The molecule has 1 fully saturated rings. The van der Waals surface area contributed by atoms with Gasteiger partial charge in [-0.3, -0.25) is 9.88 Å². The molecule has 0 bridgehead atoms.